The Morgan fingerprint density at radius 2 is 1.95 bits per heavy atom. The molecule has 0 aliphatic carbocycles. The second-order valence-electron chi connectivity index (χ2n) is 3.96. The molecule has 0 bridgehead atoms. The topological polar surface area (TPSA) is 62.3 Å². The summed E-state index contributed by atoms with van der Waals surface area (Å²) in [6, 6.07) is 2.65. The van der Waals surface area contributed by atoms with E-state index in [0.717, 1.165) is 6.20 Å². The molecule has 0 atom stereocenters. The van der Waals surface area contributed by atoms with E-state index in [1.54, 1.807) is 0 Å². The molecule has 0 radical (unpaired) electrons. The second-order valence-corrected chi connectivity index (χ2v) is 5.89. The molecule has 1 aromatic heterocycles. The number of hydrogen-bond donors (Lipinski definition) is 1. The summed E-state index contributed by atoms with van der Waals surface area (Å²) in [7, 11) is -4.19. The molecule has 1 heterocycles. The van der Waals surface area contributed by atoms with Gasteiger partial charge in [-0.1, -0.05) is 6.92 Å². The fourth-order valence-corrected chi connectivity index (χ4v) is 2.91. The highest BCUT2D eigenvalue weighted by Gasteiger charge is 2.36. The van der Waals surface area contributed by atoms with Crippen molar-refractivity contribution in [3.63, 3.8) is 0 Å². The summed E-state index contributed by atoms with van der Waals surface area (Å²) in [5.74, 6) is 0.463. The number of pyridine rings is 1. The molecule has 0 aromatic carbocycles. The Morgan fingerprint density at radius 1 is 1.30 bits per heavy atom. The van der Waals surface area contributed by atoms with Crippen LogP contribution in [-0.2, 0) is 10.0 Å². The van der Waals surface area contributed by atoms with Gasteiger partial charge < -0.3 is 5.32 Å². The molecule has 0 saturated carbocycles. The molecule has 20 heavy (non-hydrogen) atoms. The molecular weight excluding hydrogens is 295 g/mol. The molecule has 1 N–H and O–H groups in total. The fourth-order valence-electron chi connectivity index (χ4n) is 1.53. The first-order valence-corrected chi connectivity index (χ1v) is 7.41. The van der Waals surface area contributed by atoms with Gasteiger partial charge in [-0.15, -0.1) is 0 Å². The Morgan fingerprint density at radius 3 is 2.35 bits per heavy atom. The maximum absolute atomic E-state index is 12.4. The number of hydrogen-bond acceptors (Lipinski definition) is 4. The largest absolute Gasteiger partial charge is 0.402 e. The van der Waals surface area contributed by atoms with Gasteiger partial charge in [0, 0.05) is 19.3 Å². The maximum Gasteiger partial charge on any atom is 0.402 e. The number of nitrogens with one attached hydrogen (secondary N) is 1. The van der Waals surface area contributed by atoms with Crippen molar-refractivity contribution in [3.05, 3.63) is 18.3 Å². The number of aromatic nitrogens is 1. The van der Waals surface area contributed by atoms with Crippen molar-refractivity contribution in [1.82, 2.24) is 9.29 Å². The molecule has 0 amide bonds. The summed E-state index contributed by atoms with van der Waals surface area (Å²) in [4.78, 5) is 3.59. The maximum atomic E-state index is 12.4. The first-order chi connectivity index (χ1) is 9.20. The Bertz CT molecular complexity index is 529. The zero-order valence-corrected chi connectivity index (χ0v) is 11.9. The number of alkyl halides is 3. The summed E-state index contributed by atoms with van der Waals surface area (Å²) in [5.41, 5.74) is 0. The molecule has 114 valence electrons. The summed E-state index contributed by atoms with van der Waals surface area (Å²) in [6.07, 6.45) is -3.54. The van der Waals surface area contributed by atoms with Crippen LogP contribution in [0.25, 0.3) is 0 Å². The molecule has 9 heteroatoms. The van der Waals surface area contributed by atoms with Crippen molar-refractivity contribution >= 4 is 15.8 Å². The normalized spacial score (nSPS) is 12.7. The zero-order chi connectivity index (χ0) is 15.4. The van der Waals surface area contributed by atoms with Gasteiger partial charge in [0.25, 0.3) is 0 Å². The average Bonchev–Trinajstić information content (AvgIpc) is 2.36. The van der Waals surface area contributed by atoms with E-state index in [9.17, 15) is 21.6 Å². The van der Waals surface area contributed by atoms with Crippen molar-refractivity contribution in [2.75, 3.05) is 25.0 Å². The number of anilines is 1. The van der Waals surface area contributed by atoms with E-state index in [0.29, 0.717) is 16.7 Å². The average molecular weight is 311 g/mol. The van der Waals surface area contributed by atoms with E-state index in [2.05, 4.69) is 10.3 Å². The van der Waals surface area contributed by atoms with Crippen molar-refractivity contribution in [2.24, 2.45) is 0 Å². The number of nitrogens with zero attached hydrogens (tertiary/aromatic N) is 2. The summed E-state index contributed by atoms with van der Waals surface area (Å²) in [5, 5.41) is 2.87. The van der Waals surface area contributed by atoms with Crippen LogP contribution in [-0.4, -0.2) is 43.5 Å². The van der Waals surface area contributed by atoms with Crippen molar-refractivity contribution < 1.29 is 21.6 Å². The lowest BCUT2D eigenvalue weighted by Crippen LogP contribution is -2.38. The predicted octanol–water partition coefficient (Wildman–Crippen LogP) is 2.09. The Hall–Kier alpha value is -1.35. The number of sulfonamides is 1. The second kappa shape index (κ2) is 6.40. The third-order valence-electron chi connectivity index (χ3n) is 2.44. The van der Waals surface area contributed by atoms with Crippen LogP contribution in [0.5, 0.6) is 0 Å². The van der Waals surface area contributed by atoms with Crippen LogP contribution in [0, 0.1) is 0 Å². The van der Waals surface area contributed by atoms with Crippen LogP contribution < -0.4 is 5.32 Å². The highest BCUT2D eigenvalue weighted by molar-refractivity contribution is 7.89. The van der Waals surface area contributed by atoms with Gasteiger partial charge in [-0.25, -0.2) is 13.4 Å². The van der Waals surface area contributed by atoms with Gasteiger partial charge in [0.05, 0.1) is 0 Å². The standard InChI is InChI=1S/C11H16F3N3O2S/c1-3-15-10-6-5-9(7-16-10)20(18,19)17(4-2)8-11(12,13)14/h5-7H,3-4,8H2,1-2H3,(H,15,16). The minimum atomic E-state index is -4.58. The number of rotatable bonds is 6. The summed E-state index contributed by atoms with van der Waals surface area (Å²) < 4.78 is 61.6. The lowest BCUT2D eigenvalue weighted by Gasteiger charge is -2.21. The first kappa shape index (κ1) is 16.7. The van der Waals surface area contributed by atoms with Gasteiger partial charge in [0.1, 0.15) is 17.3 Å². The lowest BCUT2D eigenvalue weighted by molar-refractivity contribution is -0.135. The molecule has 0 spiro atoms. The van der Waals surface area contributed by atoms with E-state index < -0.39 is 22.7 Å². The fraction of sp³-hybridized carbons (Fsp3) is 0.545. The van der Waals surface area contributed by atoms with Crippen LogP contribution in [0.3, 0.4) is 0 Å². The van der Waals surface area contributed by atoms with Crippen LogP contribution >= 0.6 is 0 Å². The molecule has 0 unspecified atom stereocenters. The minimum Gasteiger partial charge on any atom is -0.370 e. The van der Waals surface area contributed by atoms with Crippen LogP contribution in [0.2, 0.25) is 0 Å². The van der Waals surface area contributed by atoms with E-state index in [-0.39, 0.29) is 11.4 Å². The molecule has 0 aliphatic rings. The molecule has 1 rings (SSSR count). The molecule has 0 fully saturated rings. The smallest absolute Gasteiger partial charge is 0.370 e. The van der Waals surface area contributed by atoms with Crippen molar-refractivity contribution in [3.8, 4) is 0 Å². The lowest BCUT2D eigenvalue weighted by atomic mass is 10.4. The van der Waals surface area contributed by atoms with E-state index >= 15 is 0 Å². The monoisotopic (exact) mass is 311 g/mol. The van der Waals surface area contributed by atoms with Gasteiger partial charge in [0.15, 0.2) is 0 Å². The summed E-state index contributed by atoms with van der Waals surface area (Å²) >= 11 is 0. The van der Waals surface area contributed by atoms with Crippen LogP contribution in [0.1, 0.15) is 13.8 Å². The van der Waals surface area contributed by atoms with E-state index in [4.69, 9.17) is 0 Å². The Kier molecular flexibility index (Phi) is 5.35. The van der Waals surface area contributed by atoms with E-state index in [1.807, 2.05) is 6.92 Å². The third-order valence-corrected chi connectivity index (χ3v) is 4.34. The zero-order valence-electron chi connectivity index (χ0n) is 11.1. The van der Waals surface area contributed by atoms with Crippen molar-refractivity contribution in [2.45, 2.75) is 24.9 Å². The Labute approximate surface area is 115 Å². The van der Waals surface area contributed by atoms with Crippen molar-refractivity contribution in [1.29, 1.82) is 0 Å². The Balaban J connectivity index is 3.01. The molecule has 1 aromatic rings. The quantitative estimate of drug-likeness (QED) is 0.874. The van der Waals surface area contributed by atoms with Gasteiger partial charge >= 0.3 is 6.18 Å². The molecular formula is C11H16F3N3O2S. The number of halogens is 3. The van der Waals surface area contributed by atoms with Gasteiger partial charge in [-0.05, 0) is 19.1 Å². The molecule has 5 nitrogen and oxygen atoms in total. The predicted molar refractivity (Wildman–Crippen MR) is 68.9 cm³/mol. The highest BCUT2D eigenvalue weighted by Crippen LogP contribution is 2.22. The van der Waals surface area contributed by atoms with Gasteiger partial charge in [-0.2, -0.15) is 17.5 Å². The van der Waals surface area contributed by atoms with Crippen LogP contribution in [0.4, 0.5) is 19.0 Å². The molecule has 0 aliphatic heterocycles. The third kappa shape index (κ3) is 4.34. The van der Waals surface area contributed by atoms with E-state index in [1.165, 1.54) is 19.1 Å². The molecule has 0 saturated heterocycles. The first-order valence-electron chi connectivity index (χ1n) is 5.97. The minimum absolute atomic E-state index is 0.259. The highest BCUT2D eigenvalue weighted by atomic mass is 32.2. The van der Waals surface area contributed by atoms with Gasteiger partial charge in [-0.3, -0.25) is 0 Å². The van der Waals surface area contributed by atoms with Gasteiger partial charge in [0.2, 0.25) is 10.0 Å². The van der Waals surface area contributed by atoms with Crippen LogP contribution in [0.15, 0.2) is 23.2 Å². The summed E-state index contributed by atoms with van der Waals surface area (Å²) in [6.45, 7) is 2.02. The SMILES string of the molecule is CCNc1ccc(S(=O)(=O)N(CC)CC(F)(F)F)cn1.